The third kappa shape index (κ3) is 3.48. The van der Waals surface area contributed by atoms with Gasteiger partial charge in [0.2, 0.25) is 5.95 Å². The summed E-state index contributed by atoms with van der Waals surface area (Å²) in [6.07, 6.45) is 3.01. The smallest absolute Gasteiger partial charge is 0.407 e. The molecule has 0 saturated carbocycles. The van der Waals surface area contributed by atoms with E-state index in [2.05, 4.69) is 15.3 Å². The fourth-order valence-electron chi connectivity index (χ4n) is 3.32. The number of carbonyl (C=O) groups excluding carboxylic acids is 1. The highest BCUT2D eigenvalue weighted by atomic mass is 16.5. The van der Waals surface area contributed by atoms with Gasteiger partial charge in [0.1, 0.15) is 12.4 Å². The van der Waals surface area contributed by atoms with Crippen molar-refractivity contribution >= 4 is 23.6 Å². The molecule has 0 radical (unpaired) electrons. The highest BCUT2D eigenvalue weighted by molar-refractivity contribution is 5.95. The lowest BCUT2D eigenvalue weighted by molar-refractivity contribution is 0.0935. The zero-order chi connectivity index (χ0) is 18.8. The lowest BCUT2D eigenvalue weighted by Gasteiger charge is -2.29. The van der Waals surface area contributed by atoms with Crippen LogP contribution in [0.1, 0.15) is 16.8 Å². The summed E-state index contributed by atoms with van der Waals surface area (Å²) in [5.74, 6) is 0.936. The van der Waals surface area contributed by atoms with Crippen molar-refractivity contribution < 1.29 is 19.4 Å². The molecule has 27 heavy (non-hydrogen) atoms. The average molecular weight is 369 g/mol. The van der Waals surface area contributed by atoms with Gasteiger partial charge in [0.05, 0.1) is 12.2 Å². The van der Waals surface area contributed by atoms with Gasteiger partial charge in [-0.3, -0.25) is 4.79 Å². The zero-order valence-electron chi connectivity index (χ0n) is 14.5. The van der Waals surface area contributed by atoms with E-state index in [0.717, 1.165) is 5.69 Å². The monoisotopic (exact) mass is 369 g/mol. The average Bonchev–Trinajstić information content (AvgIpc) is 3.16. The summed E-state index contributed by atoms with van der Waals surface area (Å²) >= 11 is 0. The predicted octanol–water partition coefficient (Wildman–Crippen LogP) is 1.49. The Labute approximate surface area is 155 Å². The second-order valence-corrected chi connectivity index (χ2v) is 6.42. The van der Waals surface area contributed by atoms with Gasteiger partial charge in [-0.05, 0) is 30.7 Å². The number of hydrogen-bond acceptors (Lipinski definition) is 6. The molecule has 0 spiro atoms. The van der Waals surface area contributed by atoms with Crippen molar-refractivity contribution in [1.29, 1.82) is 0 Å². The van der Waals surface area contributed by atoms with Gasteiger partial charge in [-0.1, -0.05) is 0 Å². The molecule has 1 aromatic heterocycles. The van der Waals surface area contributed by atoms with Crippen molar-refractivity contribution in [1.82, 2.24) is 20.2 Å². The molecule has 2 aliphatic rings. The van der Waals surface area contributed by atoms with Crippen LogP contribution in [0.2, 0.25) is 0 Å². The largest absolute Gasteiger partial charge is 0.490 e. The Morgan fingerprint density at radius 3 is 2.78 bits per heavy atom. The predicted molar refractivity (Wildman–Crippen MR) is 96.4 cm³/mol. The van der Waals surface area contributed by atoms with Crippen molar-refractivity contribution in [2.75, 3.05) is 31.1 Å². The van der Waals surface area contributed by atoms with Crippen molar-refractivity contribution in [2.45, 2.75) is 12.5 Å². The summed E-state index contributed by atoms with van der Waals surface area (Å²) in [7, 11) is 0. The second-order valence-electron chi connectivity index (χ2n) is 6.42. The molecule has 3 heterocycles. The first kappa shape index (κ1) is 17.1. The molecule has 4 rings (SSSR count). The quantitative estimate of drug-likeness (QED) is 0.844. The molecule has 0 bridgehead atoms. The summed E-state index contributed by atoms with van der Waals surface area (Å²) in [5.41, 5.74) is 1.28. The number of likely N-dealkylation sites (tertiary alicyclic amines) is 1. The number of nitrogens with one attached hydrogen (secondary N) is 1. The summed E-state index contributed by atoms with van der Waals surface area (Å²) in [6.45, 7) is 1.82. The van der Waals surface area contributed by atoms with Crippen molar-refractivity contribution in [3.05, 3.63) is 42.2 Å². The summed E-state index contributed by atoms with van der Waals surface area (Å²) < 4.78 is 5.72. The van der Waals surface area contributed by atoms with Crippen LogP contribution in [0.5, 0.6) is 5.75 Å². The summed E-state index contributed by atoms with van der Waals surface area (Å²) in [5, 5.41) is 11.9. The Bertz CT molecular complexity index is 860. The maximum absolute atomic E-state index is 12.5. The molecule has 1 saturated heterocycles. The van der Waals surface area contributed by atoms with E-state index in [0.29, 0.717) is 49.9 Å². The Morgan fingerprint density at radius 1 is 1.22 bits per heavy atom. The fraction of sp³-hybridized carbons (Fsp3) is 0.333. The van der Waals surface area contributed by atoms with Crippen LogP contribution in [-0.4, -0.2) is 64.3 Å². The Hall–Kier alpha value is -3.36. The number of carbonyl (C=O) groups is 2. The Morgan fingerprint density at radius 2 is 2.04 bits per heavy atom. The van der Waals surface area contributed by atoms with E-state index in [9.17, 15) is 9.59 Å². The van der Waals surface area contributed by atoms with Gasteiger partial charge in [0, 0.05) is 37.1 Å². The summed E-state index contributed by atoms with van der Waals surface area (Å²) in [4.78, 5) is 35.3. The Kier molecular flexibility index (Phi) is 4.49. The van der Waals surface area contributed by atoms with Crippen LogP contribution in [-0.2, 0) is 0 Å². The van der Waals surface area contributed by atoms with Crippen LogP contribution in [0, 0.1) is 0 Å². The van der Waals surface area contributed by atoms with Gasteiger partial charge >= 0.3 is 6.09 Å². The highest BCUT2D eigenvalue weighted by Gasteiger charge is 2.28. The minimum atomic E-state index is -0.961. The minimum Gasteiger partial charge on any atom is -0.490 e. The SMILES string of the molecule is O=C(N[C@@H]1CCN(C(=O)O)C1)c1ccc2c(c1)OCCN2c1ncccn1. The van der Waals surface area contributed by atoms with Crippen LogP contribution in [0.15, 0.2) is 36.7 Å². The normalized spacial score (nSPS) is 18.6. The number of ether oxygens (including phenoxy) is 1. The van der Waals surface area contributed by atoms with Gasteiger partial charge in [-0.25, -0.2) is 14.8 Å². The van der Waals surface area contributed by atoms with Gasteiger partial charge in [0.25, 0.3) is 5.91 Å². The summed E-state index contributed by atoms with van der Waals surface area (Å²) in [6, 6.07) is 6.82. The van der Waals surface area contributed by atoms with Crippen LogP contribution >= 0.6 is 0 Å². The van der Waals surface area contributed by atoms with Gasteiger partial charge in [-0.15, -0.1) is 0 Å². The molecule has 9 nitrogen and oxygen atoms in total. The number of rotatable bonds is 3. The van der Waals surface area contributed by atoms with Crippen LogP contribution in [0.25, 0.3) is 0 Å². The number of fused-ring (bicyclic) bond motifs is 1. The topological polar surface area (TPSA) is 108 Å². The molecule has 140 valence electrons. The van der Waals surface area contributed by atoms with Crippen molar-refractivity contribution in [3.8, 4) is 5.75 Å². The Balaban J connectivity index is 1.49. The molecule has 2 aromatic rings. The third-order valence-corrected chi connectivity index (χ3v) is 4.67. The number of benzene rings is 1. The molecule has 2 amide bonds. The molecular formula is C18H19N5O4. The number of carboxylic acid groups (broad SMARTS) is 1. The maximum atomic E-state index is 12.5. The van der Waals surface area contributed by atoms with Crippen molar-refractivity contribution in [3.63, 3.8) is 0 Å². The fourth-order valence-corrected chi connectivity index (χ4v) is 3.32. The first-order chi connectivity index (χ1) is 13.1. The van der Waals surface area contributed by atoms with E-state index in [4.69, 9.17) is 9.84 Å². The van der Waals surface area contributed by atoms with Gasteiger partial charge in [-0.2, -0.15) is 0 Å². The molecule has 2 N–H and O–H groups in total. The molecule has 0 unspecified atom stereocenters. The molecule has 1 atom stereocenters. The molecule has 1 aromatic carbocycles. The standard InChI is InChI=1S/C18H19N5O4/c24-16(21-13-4-7-22(11-13)18(25)26)12-2-3-14-15(10-12)27-9-8-23(14)17-19-5-1-6-20-17/h1-3,5-6,10,13H,4,7-9,11H2,(H,21,24)(H,25,26)/t13-/m1/s1. The van der Waals surface area contributed by atoms with Crippen LogP contribution in [0.4, 0.5) is 16.4 Å². The number of aromatic nitrogens is 2. The van der Waals surface area contributed by atoms with Crippen molar-refractivity contribution in [2.24, 2.45) is 0 Å². The molecule has 0 aliphatic carbocycles. The zero-order valence-corrected chi connectivity index (χ0v) is 14.5. The van der Waals surface area contributed by atoms with E-state index in [1.807, 2.05) is 11.0 Å². The van der Waals surface area contributed by atoms with Gasteiger partial charge < -0.3 is 25.0 Å². The number of hydrogen-bond donors (Lipinski definition) is 2. The maximum Gasteiger partial charge on any atom is 0.407 e. The van der Waals surface area contributed by atoms with E-state index >= 15 is 0 Å². The highest BCUT2D eigenvalue weighted by Crippen LogP contribution is 2.35. The lowest BCUT2D eigenvalue weighted by Crippen LogP contribution is -2.38. The minimum absolute atomic E-state index is 0.181. The van der Waals surface area contributed by atoms with Gasteiger partial charge in [0.15, 0.2) is 0 Å². The lowest BCUT2D eigenvalue weighted by atomic mass is 10.1. The molecule has 9 heteroatoms. The number of nitrogens with zero attached hydrogens (tertiary/aromatic N) is 4. The molecular weight excluding hydrogens is 350 g/mol. The van der Waals surface area contributed by atoms with E-state index in [1.54, 1.807) is 30.6 Å². The third-order valence-electron chi connectivity index (χ3n) is 4.67. The second kappa shape index (κ2) is 7.10. The number of anilines is 2. The first-order valence-electron chi connectivity index (χ1n) is 8.72. The van der Waals surface area contributed by atoms with Crippen LogP contribution in [0.3, 0.4) is 0 Å². The molecule has 2 aliphatic heterocycles. The first-order valence-corrected chi connectivity index (χ1v) is 8.72. The van der Waals surface area contributed by atoms with E-state index < -0.39 is 6.09 Å². The van der Waals surface area contributed by atoms with Crippen LogP contribution < -0.4 is 15.0 Å². The number of amides is 2. The van der Waals surface area contributed by atoms with E-state index in [1.165, 1.54) is 4.90 Å². The van der Waals surface area contributed by atoms with E-state index in [-0.39, 0.29) is 11.9 Å². The molecule has 1 fully saturated rings.